The summed E-state index contributed by atoms with van der Waals surface area (Å²) < 4.78 is 6.01. The van der Waals surface area contributed by atoms with Crippen molar-refractivity contribution in [1.82, 2.24) is 20.5 Å². The van der Waals surface area contributed by atoms with Gasteiger partial charge in [0, 0.05) is 62.5 Å². The molecular weight excluding hydrogens is 688 g/mol. The molecule has 0 radical (unpaired) electrons. The molecule has 3 N–H and O–H groups in total. The number of aliphatic hydroxyl groups is 1. The van der Waals surface area contributed by atoms with Crippen molar-refractivity contribution in [2.75, 3.05) is 37.7 Å². The highest BCUT2D eigenvalue weighted by molar-refractivity contribution is 7.16. The number of piperazine rings is 1. The number of nitrogens with one attached hydrogen (secondary N) is 2. The Morgan fingerprint density at radius 1 is 1.15 bits per heavy atom. The number of hydrogen-bond acceptors (Lipinski definition) is 8. The lowest BCUT2D eigenvalue weighted by Crippen LogP contribution is -2.59. The predicted molar refractivity (Wildman–Crippen MR) is 186 cm³/mol. The monoisotopic (exact) mass is 721 g/mol. The third kappa shape index (κ3) is 6.63. The molecule has 1 amide bonds. The van der Waals surface area contributed by atoms with Gasteiger partial charge in [-0.05, 0) is 61.1 Å². The highest BCUT2D eigenvalue weighted by Gasteiger charge is 2.42. The number of halogens is 4. The van der Waals surface area contributed by atoms with Crippen LogP contribution in [0.15, 0.2) is 42.1 Å². The number of nitrogens with zero attached hydrogens (tertiary/aromatic N) is 3. The van der Waals surface area contributed by atoms with E-state index in [4.69, 9.17) is 56.1 Å². The quantitative estimate of drug-likeness (QED) is 0.217. The summed E-state index contributed by atoms with van der Waals surface area (Å²) in [5, 5.41) is 19.8. The molecule has 46 heavy (non-hydrogen) atoms. The molecule has 4 heterocycles. The van der Waals surface area contributed by atoms with Gasteiger partial charge in [0.25, 0.3) is 5.91 Å². The second-order valence-corrected chi connectivity index (χ2v) is 15.2. The van der Waals surface area contributed by atoms with E-state index in [0.29, 0.717) is 57.0 Å². The number of aromatic nitrogens is 1. The van der Waals surface area contributed by atoms with E-state index in [1.54, 1.807) is 36.5 Å². The van der Waals surface area contributed by atoms with Gasteiger partial charge >= 0.3 is 0 Å². The molecule has 7 rings (SSSR count). The van der Waals surface area contributed by atoms with E-state index in [0.717, 1.165) is 65.6 Å². The second kappa shape index (κ2) is 13.4. The maximum atomic E-state index is 14.5. The van der Waals surface area contributed by atoms with Gasteiger partial charge in [-0.2, -0.15) is 0 Å². The Morgan fingerprint density at radius 3 is 2.63 bits per heavy atom. The van der Waals surface area contributed by atoms with Crippen molar-refractivity contribution in [3.8, 4) is 5.75 Å². The number of aliphatic hydroxyl groups excluding tert-OH is 1. The largest absolute Gasteiger partial charge is 0.490 e. The van der Waals surface area contributed by atoms with E-state index in [-0.39, 0.29) is 24.0 Å². The van der Waals surface area contributed by atoms with Gasteiger partial charge in [0.05, 0.1) is 43.7 Å². The van der Waals surface area contributed by atoms with Crippen LogP contribution in [0.2, 0.25) is 20.1 Å². The maximum absolute atomic E-state index is 14.5. The molecular formula is C33H35Cl4N5O3S. The summed E-state index contributed by atoms with van der Waals surface area (Å²) in [7, 11) is 0. The van der Waals surface area contributed by atoms with Gasteiger partial charge in [-0.15, -0.1) is 0 Å². The lowest BCUT2D eigenvalue weighted by molar-refractivity contribution is -0.128. The van der Waals surface area contributed by atoms with Crippen LogP contribution >= 0.6 is 57.7 Å². The number of amides is 1. The van der Waals surface area contributed by atoms with E-state index in [2.05, 4.69) is 15.5 Å². The summed E-state index contributed by atoms with van der Waals surface area (Å²) >= 11 is 27.3. The zero-order valence-electron chi connectivity index (χ0n) is 25.2. The predicted octanol–water partition coefficient (Wildman–Crippen LogP) is 6.60. The van der Waals surface area contributed by atoms with Gasteiger partial charge in [-0.25, -0.2) is 4.98 Å². The molecule has 3 fully saturated rings. The summed E-state index contributed by atoms with van der Waals surface area (Å²) in [6.07, 6.45) is 4.00. The Bertz CT molecular complexity index is 1650. The first-order valence-electron chi connectivity index (χ1n) is 15.6. The van der Waals surface area contributed by atoms with Crippen LogP contribution in [0.1, 0.15) is 48.3 Å². The Hall–Kier alpha value is -2.08. The number of fused-ring (bicyclic) bond motifs is 2. The highest BCUT2D eigenvalue weighted by atomic mass is 35.5. The van der Waals surface area contributed by atoms with E-state index in [1.807, 2.05) is 23.2 Å². The average molecular weight is 724 g/mol. The van der Waals surface area contributed by atoms with Crippen molar-refractivity contribution in [2.45, 2.75) is 57.0 Å². The van der Waals surface area contributed by atoms with Crippen LogP contribution < -0.4 is 20.3 Å². The summed E-state index contributed by atoms with van der Waals surface area (Å²) in [5.41, 5.74) is 3.43. The number of rotatable bonds is 10. The minimum Gasteiger partial charge on any atom is -0.490 e. The normalized spacial score (nSPS) is 22.1. The number of carbonyl (C=O) groups is 1. The number of thiazole rings is 1. The Kier molecular flexibility index (Phi) is 9.48. The number of carbonyl (C=O) groups excluding carboxylic acids is 1. The minimum atomic E-state index is -0.663. The third-order valence-electron chi connectivity index (χ3n) is 9.14. The molecule has 4 aliphatic rings. The van der Waals surface area contributed by atoms with Crippen molar-refractivity contribution in [3.05, 3.63) is 78.2 Å². The molecule has 1 aliphatic carbocycles. The SMILES string of the molecule is C[C@@H](O)c1cc(Cl)c(OCC2CN(c3ncc(C4=C(C(=O)N(Cc5cccc(Cl)c5Cl)C5CC5)[C@H]5CNC[C@@H](C4)N5)s3)C2)c(Cl)c1. The molecule has 2 saturated heterocycles. The fraction of sp³-hybridized carbons (Fsp3) is 0.455. The maximum Gasteiger partial charge on any atom is 0.252 e. The molecule has 8 nitrogen and oxygen atoms in total. The first-order valence-corrected chi connectivity index (χ1v) is 17.9. The van der Waals surface area contributed by atoms with E-state index < -0.39 is 6.10 Å². The smallest absolute Gasteiger partial charge is 0.252 e. The number of benzene rings is 2. The topological polar surface area (TPSA) is 90.0 Å². The first kappa shape index (κ1) is 32.5. The fourth-order valence-electron chi connectivity index (χ4n) is 6.50. The Labute approximate surface area is 292 Å². The lowest BCUT2D eigenvalue weighted by atomic mass is 9.86. The summed E-state index contributed by atoms with van der Waals surface area (Å²) in [6.45, 7) is 5.72. The lowest BCUT2D eigenvalue weighted by Gasteiger charge is -2.40. The van der Waals surface area contributed by atoms with Crippen LogP contribution in [-0.2, 0) is 11.3 Å². The van der Waals surface area contributed by atoms with Crippen LogP contribution in [0, 0.1) is 5.92 Å². The van der Waals surface area contributed by atoms with Gasteiger partial charge in [-0.1, -0.05) is 69.9 Å². The summed E-state index contributed by atoms with van der Waals surface area (Å²) in [5.74, 6) is 0.792. The molecule has 1 aromatic heterocycles. The fourth-order valence-corrected chi connectivity index (χ4v) is 8.50. The molecule has 244 valence electrons. The zero-order chi connectivity index (χ0) is 32.1. The highest BCUT2D eigenvalue weighted by Crippen LogP contribution is 2.41. The Balaban J connectivity index is 1.07. The molecule has 1 saturated carbocycles. The van der Waals surface area contributed by atoms with Crippen molar-refractivity contribution >= 4 is 74.4 Å². The third-order valence-corrected chi connectivity index (χ3v) is 11.7. The van der Waals surface area contributed by atoms with Gasteiger partial charge in [0.1, 0.15) is 0 Å². The van der Waals surface area contributed by atoms with Crippen LogP contribution in [0.5, 0.6) is 5.75 Å². The van der Waals surface area contributed by atoms with E-state index in [1.165, 1.54) is 0 Å². The van der Waals surface area contributed by atoms with Gasteiger partial charge in [0.2, 0.25) is 0 Å². The average Bonchev–Trinajstić information content (AvgIpc) is 3.73. The Morgan fingerprint density at radius 2 is 1.91 bits per heavy atom. The second-order valence-electron chi connectivity index (χ2n) is 12.6. The van der Waals surface area contributed by atoms with Crippen molar-refractivity contribution in [3.63, 3.8) is 0 Å². The van der Waals surface area contributed by atoms with Gasteiger partial charge in [0.15, 0.2) is 10.9 Å². The zero-order valence-corrected chi connectivity index (χ0v) is 29.1. The van der Waals surface area contributed by atoms with Crippen LogP contribution in [0.3, 0.4) is 0 Å². The number of ether oxygens (including phenoxy) is 1. The van der Waals surface area contributed by atoms with Crippen molar-refractivity contribution in [2.24, 2.45) is 5.92 Å². The number of anilines is 1. The minimum absolute atomic E-state index is 0.0584. The molecule has 13 heteroatoms. The number of hydrogen-bond donors (Lipinski definition) is 3. The van der Waals surface area contributed by atoms with E-state index >= 15 is 0 Å². The first-order chi connectivity index (χ1) is 22.2. The molecule has 3 aliphatic heterocycles. The summed E-state index contributed by atoms with van der Waals surface area (Å²) in [6, 6.07) is 9.35. The van der Waals surface area contributed by atoms with E-state index in [9.17, 15) is 9.90 Å². The van der Waals surface area contributed by atoms with Crippen LogP contribution in [0.25, 0.3) is 5.57 Å². The molecule has 2 bridgehead atoms. The molecule has 3 aromatic rings. The van der Waals surface area contributed by atoms with Crippen molar-refractivity contribution in [1.29, 1.82) is 0 Å². The van der Waals surface area contributed by atoms with Crippen molar-refractivity contribution < 1.29 is 14.6 Å². The summed E-state index contributed by atoms with van der Waals surface area (Å²) in [4.78, 5) is 24.5. The molecule has 3 atom stereocenters. The van der Waals surface area contributed by atoms with Crippen LogP contribution in [0.4, 0.5) is 5.13 Å². The van der Waals surface area contributed by atoms with Crippen LogP contribution in [-0.4, -0.2) is 71.8 Å². The van der Waals surface area contributed by atoms with Gasteiger partial charge < -0.3 is 30.3 Å². The molecule has 2 aromatic carbocycles. The molecule has 0 spiro atoms. The van der Waals surface area contributed by atoms with Gasteiger partial charge in [-0.3, -0.25) is 4.79 Å². The molecule has 0 unspecified atom stereocenters. The standard InChI is InChI=1S/C33H35Cl4N5O3S/c1-17(43)20-7-25(35)31(26(36)8-20)45-16-18-13-41(14-18)33-39-12-28(46-33)23-9-21-10-38-11-27(40-21)29(23)32(44)42(22-5-6-22)15-19-3-2-4-24(34)30(19)37/h2-4,7-8,12,17-18,21-22,27,38,40,43H,5-6,9-11,13-16H2,1H3/t17-,21-,27-/m1/s1.